The van der Waals surface area contributed by atoms with Gasteiger partial charge in [0, 0.05) is 30.5 Å². The highest BCUT2D eigenvalue weighted by Crippen LogP contribution is 2.38. The van der Waals surface area contributed by atoms with Crippen LogP contribution in [0.1, 0.15) is 25.1 Å². The number of H-pyrrole nitrogens is 1. The van der Waals surface area contributed by atoms with E-state index >= 15 is 0 Å². The Morgan fingerprint density at radius 3 is 2.44 bits per heavy atom. The van der Waals surface area contributed by atoms with Crippen molar-refractivity contribution >= 4 is 38.7 Å². The average Bonchev–Trinajstić information content (AvgIpc) is 3.24. The van der Waals surface area contributed by atoms with Crippen LogP contribution in [0.2, 0.25) is 0 Å². The minimum absolute atomic E-state index is 0.120. The SMILES string of the molecule is CCN(CC)C(=O)/C(=C1\C(=O)Nc2ccc(S(N)(=O)=O)cc21)c1ccc[nH]1. The summed E-state index contributed by atoms with van der Waals surface area (Å²) in [4.78, 5) is 30.3. The van der Waals surface area contributed by atoms with Crippen molar-refractivity contribution in [2.75, 3.05) is 18.4 Å². The van der Waals surface area contributed by atoms with Crippen LogP contribution in [-0.2, 0) is 19.6 Å². The van der Waals surface area contributed by atoms with Crippen LogP contribution < -0.4 is 10.5 Å². The number of rotatable bonds is 5. The molecular formula is C18H20N4O4S. The Bertz CT molecular complexity index is 1040. The summed E-state index contributed by atoms with van der Waals surface area (Å²) in [5.74, 6) is -0.789. The topological polar surface area (TPSA) is 125 Å². The number of carbonyl (C=O) groups excluding carboxylic acids is 2. The van der Waals surface area contributed by atoms with Crippen LogP contribution in [0.25, 0.3) is 11.1 Å². The number of nitrogens with one attached hydrogen (secondary N) is 2. The van der Waals surface area contributed by atoms with E-state index in [0.29, 0.717) is 30.0 Å². The number of hydrogen-bond acceptors (Lipinski definition) is 4. The molecule has 4 N–H and O–H groups in total. The largest absolute Gasteiger partial charge is 0.361 e. The lowest BCUT2D eigenvalue weighted by molar-refractivity contribution is -0.124. The van der Waals surface area contributed by atoms with Crippen LogP contribution in [0.15, 0.2) is 41.4 Å². The fraction of sp³-hybridized carbons (Fsp3) is 0.222. The number of hydrogen-bond donors (Lipinski definition) is 3. The van der Waals surface area contributed by atoms with E-state index in [1.165, 1.54) is 18.2 Å². The van der Waals surface area contributed by atoms with Gasteiger partial charge < -0.3 is 15.2 Å². The summed E-state index contributed by atoms with van der Waals surface area (Å²) in [6, 6.07) is 7.51. The van der Waals surface area contributed by atoms with Gasteiger partial charge in [0.1, 0.15) is 0 Å². The summed E-state index contributed by atoms with van der Waals surface area (Å²) >= 11 is 0. The monoisotopic (exact) mass is 388 g/mol. The third-order valence-corrected chi connectivity index (χ3v) is 5.36. The Balaban J connectivity index is 2.30. The zero-order valence-corrected chi connectivity index (χ0v) is 15.8. The second kappa shape index (κ2) is 7.01. The van der Waals surface area contributed by atoms with E-state index in [-0.39, 0.29) is 21.9 Å². The van der Waals surface area contributed by atoms with Crippen molar-refractivity contribution in [3.05, 3.63) is 47.8 Å². The van der Waals surface area contributed by atoms with Gasteiger partial charge in [-0.15, -0.1) is 0 Å². The lowest BCUT2D eigenvalue weighted by Gasteiger charge is -2.21. The molecule has 0 aliphatic carbocycles. The molecule has 9 heteroatoms. The highest BCUT2D eigenvalue weighted by molar-refractivity contribution is 7.89. The Morgan fingerprint density at radius 1 is 1.19 bits per heavy atom. The molecule has 2 aromatic rings. The molecule has 142 valence electrons. The number of fused-ring (bicyclic) bond motifs is 1. The first-order valence-electron chi connectivity index (χ1n) is 8.43. The summed E-state index contributed by atoms with van der Waals surface area (Å²) in [5.41, 5.74) is 1.54. The van der Waals surface area contributed by atoms with E-state index in [2.05, 4.69) is 10.3 Å². The second-order valence-electron chi connectivity index (χ2n) is 6.02. The van der Waals surface area contributed by atoms with Crippen molar-refractivity contribution in [1.82, 2.24) is 9.88 Å². The molecule has 3 rings (SSSR count). The summed E-state index contributed by atoms with van der Waals surface area (Å²) < 4.78 is 23.5. The van der Waals surface area contributed by atoms with Crippen LogP contribution in [-0.4, -0.2) is 43.2 Å². The Morgan fingerprint density at radius 2 is 1.89 bits per heavy atom. The maximum Gasteiger partial charge on any atom is 0.257 e. The van der Waals surface area contributed by atoms with Crippen LogP contribution in [0, 0.1) is 0 Å². The summed E-state index contributed by atoms with van der Waals surface area (Å²) in [6.07, 6.45) is 1.65. The van der Waals surface area contributed by atoms with Gasteiger partial charge in [-0.1, -0.05) is 0 Å². The first kappa shape index (κ1) is 18.9. The van der Waals surface area contributed by atoms with Gasteiger partial charge >= 0.3 is 0 Å². The van der Waals surface area contributed by atoms with Gasteiger partial charge in [0.15, 0.2) is 0 Å². The molecule has 1 aromatic carbocycles. The molecule has 0 spiro atoms. The molecule has 2 heterocycles. The average molecular weight is 388 g/mol. The number of carbonyl (C=O) groups is 2. The maximum atomic E-state index is 13.2. The lowest BCUT2D eigenvalue weighted by Crippen LogP contribution is -2.32. The van der Waals surface area contributed by atoms with Crippen LogP contribution in [0.4, 0.5) is 5.69 Å². The Labute approximate surface area is 157 Å². The Hall–Kier alpha value is -2.91. The van der Waals surface area contributed by atoms with Crippen LogP contribution >= 0.6 is 0 Å². The number of primary sulfonamides is 1. The third kappa shape index (κ3) is 3.38. The highest BCUT2D eigenvalue weighted by atomic mass is 32.2. The smallest absolute Gasteiger partial charge is 0.257 e. The Kier molecular flexibility index (Phi) is 4.90. The van der Waals surface area contributed by atoms with Crippen LogP contribution in [0.3, 0.4) is 0 Å². The number of aromatic nitrogens is 1. The van der Waals surface area contributed by atoms with Gasteiger partial charge in [0.05, 0.1) is 21.7 Å². The molecule has 1 aromatic heterocycles. The van der Waals surface area contributed by atoms with E-state index in [4.69, 9.17) is 5.14 Å². The summed E-state index contributed by atoms with van der Waals surface area (Å²) in [7, 11) is -3.96. The number of likely N-dealkylation sites (N-methyl/N-ethyl adjacent to an activating group) is 1. The van der Waals surface area contributed by atoms with Gasteiger partial charge in [-0.3, -0.25) is 9.59 Å². The van der Waals surface area contributed by atoms with Crippen molar-refractivity contribution in [1.29, 1.82) is 0 Å². The molecular weight excluding hydrogens is 368 g/mol. The van der Waals surface area contributed by atoms with Crippen molar-refractivity contribution in [2.45, 2.75) is 18.7 Å². The maximum absolute atomic E-state index is 13.2. The molecule has 27 heavy (non-hydrogen) atoms. The predicted molar refractivity (Wildman–Crippen MR) is 102 cm³/mol. The van der Waals surface area contributed by atoms with Crippen molar-refractivity contribution in [3.63, 3.8) is 0 Å². The molecule has 0 saturated carbocycles. The zero-order chi connectivity index (χ0) is 19.8. The third-order valence-electron chi connectivity index (χ3n) is 4.45. The van der Waals surface area contributed by atoms with E-state index in [0.717, 1.165) is 0 Å². The molecule has 0 saturated heterocycles. The van der Waals surface area contributed by atoms with Gasteiger partial charge in [-0.05, 0) is 44.2 Å². The van der Waals surface area contributed by atoms with Crippen LogP contribution in [0.5, 0.6) is 0 Å². The van der Waals surface area contributed by atoms with Gasteiger partial charge in [-0.25, -0.2) is 13.6 Å². The number of benzene rings is 1. The first-order chi connectivity index (χ1) is 12.8. The standard InChI is InChI=1S/C18H20N4O4S/c1-3-22(4-2)18(24)16(14-6-5-9-20-14)15-12-10-11(27(19,25)26)7-8-13(12)21-17(15)23/h5-10,20H,3-4H2,1-2H3,(H,21,23)(H2,19,25,26)/b16-15-. The quantitative estimate of drug-likeness (QED) is 0.669. The molecule has 1 aliphatic heterocycles. The molecule has 0 unspecified atom stereocenters. The van der Waals surface area contributed by atoms with E-state index < -0.39 is 15.9 Å². The van der Waals surface area contributed by atoms with Gasteiger partial charge in [-0.2, -0.15) is 0 Å². The molecule has 0 atom stereocenters. The van der Waals surface area contributed by atoms with Crippen molar-refractivity contribution in [3.8, 4) is 0 Å². The number of anilines is 1. The van der Waals surface area contributed by atoms with Crippen molar-refractivity contribution in [2.24, 2.45) is 5.14 Å². The number of aromatic amines is 1. The molecule has 1 aliphatic rings. The number of nitrogens with zero attached hydrogens (tertiary/aromatic N) is 1. The highest BCUT2D eigenvalue weighted by Gasteiger charge is 2.33. The fourth-order valence-electron chi connectivity index (χ4n) is 3.08. The van der Waals surface area contributed by atoms with Crippen molar-refractivity contribution < 1.29 is 18.0 Å². The van der Waals surface area contributed by atoms with E-state index in [1.807, 2.05) is 13.8 Å². The zero-order valence-electron chi connectivity index (χ0n) is 14.9. The number of nitrogens with two attached hydrogens (primary N) is 1. The van der Waals surface area contributed by atoms with Gasteiger partial charge in [0.2, 0.25) is 10.0 Å². The molecule has 0 fully saturated rings. The minimum atomic E-state index is -3.96. The number of sulfonamides is 1. The first-order valence-corrected chi connectivity index (χ1v) is 9.98. The second-order valence-corrected chi connectivity index (χ2v) is 7.58. The predicted octanol–water partition coefficient (Wildman–Crippen LogP) is 1.39. The molecule has 8 nitrogen and oxygen atoms in total. The van der Waals surface area contributed by atoms with E-state index in [9.17, 15) is 18.0 Å². The lowest BCUT2D eigenvalue weighted by atomic mass is 9.97. The number of amides is 2. The summed E-state index contributed by atoms with van der Waals surface area (Å²) in [5, 5.41) is 7.90. The van der Waals surface area contributed by atoms with Gasteiger partial charge in [0.25, 0.3) is 11.8 Å². The van der Waals surface area contributed by atoms with E-state index in [1.54, 1.807) is 23.2 Å². The fourth-order valence-corrected chi connectivity index (χ4v) is 3.62. The minimum Gasteiger partial charge on any atom is -0.361 e. The molecule has 2 amide bonds. The summed E-state index contributed by atoms with van der Waals surface area (Å²) in [6.45, 7) is 4.64. The molecule has 0 bridgehead atoms. The normalized spacial score (nSPS) is 15.3. The molecule has 0 radical (unpaired) electrons.